The molecule has 0 fully saturated rings. The smallest absolute Gasteiger partial charge is 0.338 e. The van der Waals surface area contributed by atoms with Gasteiger partial charge in [0.15, 0.2) is 0 Å². The Balaban J connectivity index is 2.35. The number of fused-ring (bicyclic) bond motifs is 1. The van der Waals surface area contributed by atoms with Crippen LogP contribution in [0.4, 0.5) is 0 Å². The third kappa shape index (κ3) is 2.62. The summed E-state index contributed by atoms with van der Waals surface area (Å²) in [5.41, 5.74) is 1.78. The molecule has 1 aromatic heterocycles. The third-order valence-corrected chi connectivity index (χ3v) is 3.09. The topological polar surface area (TPSA) is 31.2 Å². The zero-order valence-corrected chi connectivity index (χ0v) is 11.8. The first-order valence-corrected chi connectivity index (χ1v) is 7.10. The maximum absolute atomic E-state index is 11.6. The third-order valence-electron chi connectivity index (χ3n) is 2.61. The van der Waals surface area contributed by atoms with Crippen LogP contribution in [-0.4, -0.2) is 21.6 Å². The highest BCUT2D eigenvalue weighted by atomic mass is 127. The number of halogens is 1. The number of carbonyl (C=O) groups excluding carboxylic acids is 1. The lowest BCUT2D eigenvalue weighted by atomic mass is 10.1. The molecular formula is C13H14INO2. The van der Waals surface area contributed by atoms with Gasteiger partial charge in [-0.2, -0.15) is 0 Å². The quantitative estimate of drug-likeness (QED) is 0.485. The molecule has 0 aliphatic carbocycles. The Morgan fingerprint density at radius 2 is 2.24 bits per heavy atom. The maximum Gasteiger partial charge on any atom is 0.338 e. The summed E-state index contributed by atoms with van der Waals surface area (Å²) < 4.78 is 8.25. The number of aromatic nitrogens is 1. The Labute approximate surface area is 114 Å². The summed E-state index contributed by atoms with van der Waals surface area (Å²) in [7, 11) is 0. The summed E-state index contributed by atoms with van der Waals surface area (Å²) in [6.45, 7) is 3.21. The number of aryl methyl sites for hydroxylation is 1. The van der Waals surface area contributed by atoms with Gasteiger partial charge in [0.05, 0.1) is 12.2 Å². The van der Waals surface area contributed by atoms with E-state index in [0.29, 0.717) is 12.2 Å². The Morgan fingerprint density at radius 3 is 2.94 bits per heavy atom. The minimum Gasteiger partial charge on any atom is -0.462 e. The number of benzene rings is 1. The van der Waals surface area contributed by atoms with E-state index in [9.17, 15) is 4.79 Å². The summed E-state index contributed by atoms with van der Waals surface area (Å²) >= 11 is 2.35. The van der Waals surface area contributed by atoms with Crippen molar-refractivity contribution in [3.05, 3.63) is 36.0 Å². The Kier molecular flexibility index (Phi) is 4.04. The molecule has 90 valence electrons. The molecule has 3 nitrogen and oxygen atoms in total. The van der Waals surface area contributed by atoms with Crippen LogP contribution in [0.15, 0.2) is 30.5 Å². The van der Waals surface area contributed by atoms with Crippen LogP contribution < -0.4 is 0 Å². The van der Waals surface area contributed by atoms with E-state index in [4.69, 9.17) is 4.74 Å². The summed E-state index contributed by atoms with van der Waals surface area (Å²) in [5.74, 6) is -0.254. The van der Waals surface area contributed by atoms with Crippen molar-refractivity contribution < 1.29 is 9.53 Å². The minimum atomic E-state index is -0.254. The molecule has 0 amide bonds. The highest BCUT2D eigenvalue weighted by Crippen LogP contribution is 2.18. The van der Waals surface area contributed by atoms with Gasteiger partial charge in [0.25, 0.3) is 0 Å². The fraction of sp³-hybridized carbons (Fsp3) is 0.308. The lowest BCUT2D eigenvalue weighted by Crippen LogP contribution is -2.04. The molecule has 2 rings (SSSR count). The van der Waals surface area contributed by atoms with Gasteiger partial charge in [0.2, 0.25) is 0 Å². The summed E-state index contributed by atoms with van der Waals surface area (Å²) in [5, 5.41) is 1.08. The van der Waals surface area contributed by atoms with E-state index < -0.39 is 0 Å². The van der Waals surface area contributed by atoms with E-state index in [2.05, 4.69) is 33.4 Å². The largest absolute Gasteiger partial charge is 0.462 e. The van der Waals surface area contributed by atoms with Gasteiger partial charge in [0.1, 0.15) is 0 Å². The molecular weight excluding hydrogens is 329 g/mol. The lowest BCUT2D eigenvalue weighted by Gasteiger charge is -2.04. The first-order valence-electron chi connectivity index (χ1n) is 5.58. The van der Waals surface area contributed by atoms with Crippen molar-refractivity contribution >= 4 is 39.5 Å². The van der Waals surface area contributed by atoms with Crippen LogP contribution in [0.1, 0.15) is 17.3 Å². The highest BCUT2D eigenvalue weighted by Gasteiger charge is 2.08. The molecule has 0 radical (unpaired) electrons. The number of carbonyl (C=O) groups is 1. The molecule has 2 aromatic rings. The van der Waals surface area contributed by atoms with Crippen LogP contribution >= 0.6 is 22.6 Å². The van der Waals surface area contributed by atoms with E-state index in [1.54, 1.807) is 0 Å². The van der Waals surface area contributed by atoms with E-state index >= 15 is 0 Å². The number of alkyl halides is 1. The molecule has 17 heavy (non-hydrogen) atoms. The van der Waals surface area contributed by atoms with Gasteiger partial charge in [0, 0.05) is 28.1 Å². The molecule has 0 atom stereocenters. The second-order valence-electron chi connectivity index (χ2n) is 3.69. The zero-order chi connectivity index (χ0) is 12.3. The highest BCUT2D eigenvalue weighted by molar-refractivity contribution is 14.1. The number of esters is 1. The first-order chi connectivity index (χ1) is 8.26. The van der Waals surface area contributed by atoms with Gasteiger partial charge in [-0.05, 0) is 31.2 Å². The fourth-order valence-corrected chi connectivity index (χ4v) is 2.35. The first kappa shape index (κ1) is 12.4. The maximum atomic E-state index is 11.6. The van der Waals surface area contributed by atoms with Gasteiger partial charge in [-0.1, -0.05) is 22.6 Å². The van der Waals surface area contributed by atoms with Crippen molar-refractivity contribution in [1.29, 1.82) is 0 Å². The van der Waals surface area contributed by atoms with Gasteiger partial charge in [-0.25, -0.2) is 4.79 Å². The minimum absolute atomic E-state index is 0.254. The van der Waals surface area contributed by atoms with Crippen molar-refractivity contribution in [2.24, 2.45) is 0 Å². The van der Waals surface area contributed by atoms with Crippen LogP contribution in [-0.2, 0) is 11.3 Å². The van der Waals surface area contributed by atoms with Crippen molar-refractivity contribution in [3.63, 3.8) is 0 Å². The lowest BCUT2D eigenvalue weighted by molar-refractivity contribution is 0.0526. The summed E-state index contributed by atoms with van der Waals surface area (Å²) in [6.07, 6.45) is 2.05. The molecule has 0 unspecified atom stereocenters. The predicted molar refractivity (Wildman–Crippen MR) is 76.8 cm³/mol. The van der Waals surface area contributed by atoms with Crippen LogP contribution in [0.2, 0.25) is 0 Å². The van der Waals surface area contributed by atoms with Gasteiger partial charge >= 0.3 is 5.97 Å². The average molecular weight is 343 g/mol. The summed E-state index contributed by atoms with van der Waals surface area (Å²) in [6, 6.07) is 7.72. The fourth-order valence-electron chi connectivity index (χ4n) is 1.83. The predicted octanol–water partition coefficient (Wildman–Crippen LogP) is 3.25. The van der Waals surface area contributed by atoms with E-state index in [0.717, 1.165) is 21.9 Å². The number of nitrogens with zero attached hydrogens (tertiary/aromatic N) is 1. The van der Waals surface area contributed by atoms with Crippen molar-refractivity contribution in [1.82, 2.24) is 4.57 Å². The molecule has 0 bridgehead atoms. The molecule has 0 aliphatic heterocycles. The number of rotatable bonds is 4. The van der Waals surface area contributed by atoms with Crippen molar-refractivity contribution in [2.45, 2.75) is 13.5 Å². The Hall–Kier alpha value is -1.04. The summed E-state index contributed by atoms with van der Waals surface area (Å²) in [4.78, 5) is 11.6. The molecule has 1 heterocycles. The van der Waals surface area contributed by atoms with Crippen LogP contribution in [0.25, 0.3) is 10.9 Å². The zero-order valence-electron chi connectivity index (χ0n) is 9.65. The molecule has 4 heteroatoms. The standard InChI is InChI=1S/C13H14INO2/c1-2-17-13(16)11-3-4-12-10(9-11)5-7-15(12)8-6-14/h3-5,7,9H,2,6,8H2,1H3. The molecule has 0 N–H and O–H groups in total. The van der Waals surface area contributed by atoms with Crippen LogP contribution in [0.5, 0.6) is 0 Å². The van der Waals surface area contributed by atoms with Crippen LogP contribution in [0, 0.1) is 0 Å². The Morgan fingerprint density at radius 1 is 1.41 bits per heavy atom. The number of hydrogen-bond acceptors (Lipinski definition) is 2. The molecule has 0 saturated carbocycles. The van der Waals surface area contributed by atoms with Gasteiger partial charge in [-0.3, -0.25) is 0 Å². The second kappa shape index (κ2) is 5.53. The van der Waals surface area contributed by atoms with Gasteiger partial charge in [-0.15, -0.1) is 0 Å². The second-order valence-corrected chi connectivity index (χ2v) is 4.77. The van der Waals surface area contributed by atoms with Crippen LogP contribution in [0.3, 0.4) is 0 Å². The van der Waals surface area contributed by atoms with E-state index in [-0.39, 0.29) is 5.97 Å². The molecule has 0 aliphatic rings. The molecule has 0 saturated heterocycles. The normalized spacial score (nSPS) is 10.7. The molecule has 0 spiro atoms. The number of hydrogen-bond donors (Lipinski definition) is 0. The Bertz CT molecular complexity index is 533. The SMILES string of the molecule is CCOC(=O)c1ccc2c(ccn2CCI)c1. The average Bonchev–Trinajstić information content (AvgIpc) is 2.73. The van der Waals surface area contributed by atoms with Crippen molar-refractivity contribution in [3.8, 4) is 0 Å². The molecule has 1 aromatic carbocycles. The van der Waals surface area contributed by atoms with Crippen molar-refractivity contribution in [2.75, 3.05) is 11.0 Å². The van der Waals surface area contributed by atoms with Gasteiger partial charge < -0.3 is 9.30 Å². The van der Waals surface area contributed by atoms with E-state index in [1.165, 1.54) is 0 Å². The monoisotopic (exact) mass is 343 g/mol. The van der Waals surface area contributed by atoms with E-state index in [1.807, 2.05) is 31.2 Å². The number of ether oxygens (including phenoxy) is 1.